The van der Waals surface area contributed by atoms with Crippen molar-refractivity contribution in [3.05, 3.63) is 125 Å². The fourth-order valence-corrected chi connectivity index (χ4v) is 6.35. The Morgan fingerprint density at radius 1 is 0.655 bits per heavy atom. The predicted molar refractivity (Wildman–Crippen MR) is 216 cm³/mol. The van der Waals surface area contributed by atoms with E-state index in [4.69, 9.17) is 11.6 Å². The lowest BCUT2D eigenvalue weighted by Crippen LogP contribution is -2.44. The Morgan fingerprint density at radius 2 is 1.16 bits per heavy atom. The number of benzene rings is 4. The molecule has 276 valence electrons. The zero-order chi connectivity index (χ0) is 37.9. The highest BCUT2D eigenvalue weighted by atomic mass is 35.5. The maximum Gasteiger partial charge on any atom is 0.256 e. The van der Waals surface area contributed by atoms with E-state index in [0.29, 0.717) is 50.8 Å². The number of nitrogens with one attached hydrogen (secondary N) is 6. The zero-order valence-corrected chi connectivity index (χ0v) is 30.8. The number of rotatable bonds is 7. The molecule has 6 N–H and O–H groups in total. The third-order valence-corrected chi connectivity index (χ3v) is 9.77. The van der Waals surface area contributed by atoms with Crippen LogP contribution >= 0.6 is 11.6 Å². The van der Waals surface area contributed by atoms with E-state index in [2.05, 4.69) is 67.8 Å². The first-order valence-corrected chi connectivity index (χ1v) is 18.1. The van der Waals surface area contributed by atoms with E-state index >= 15 is 0 Å². The second-order valence-electron chi connectivity index (χ2n) is 13.2. The predicted octanol–water partition coefficient (Wildman–Crippen LogP) is 7.12. The minimum Gasteiger partial charge on any atom is -0.369 e. The number of anilines is 3. The van der Waals surface area contributed by atoms with E-state index in [1.54, 1.807) is 24.3 Å². The summed E-state index contributed by atoms with van der Waals surface area (Å²) in [5.41, 5.74) is 8.18. The van der Waals surface area contributed by atoms with Gasteiger partial charge in [-0.05, 0) is 80.2 Å². The first kappa shape index (κ1) is 35.3. The van der Waals surface area contributed by atoms with Crippen LogP contribution in [0.15, 0.2) is 103 Å². The number of nitrogens with zero attached hydrogens (tertiary/aromatic N) is 6. The number of aryl methyl sites for hydroxylation is 1. The Labute approximate surface area is 320 Å². The highest BCUT2D eigenvalue weighted by Crippen LogP contribution is 2.24. The number of likely N-dealkylation sites (N-methyl/N-ethyl adjacent to an activating group) is 1. The number of para-hydroxylation sites is 4. The lowest BCUT2D eigenvalue weighted by atomic mass is 10.1. The number of halogens is 1. The molecule has 14 nitrogen and oxygen atoms in total. The molecule has 0 aliphatic carbocycles. The molecule has 15 heteroatoms. The zero-order valence-electron chi connectivity index (χ0n) is 30.0. The van der Waals surface area contributed by atoms with Crippen molar-refractivity contribution in [2.24, 2.45) is 0 Å². The van der Waals surface area contributed by atoms with Gasteiger partial charge in [0.25, 0.3) is 11.8 Å². The minimum absolute atomic E-state index is 0.192. The monoisotopic (exact) mass is 752 g/mol. The molecule has 0 bridgehead atoms. The molecule has 0 atom stereocenters. The maximum absolute atomic E-state index is 12.6. The fourth-order valence-electron chi connectivity index (χ4n) is 6.17. The third-order valence-electron chi connectivity index (χ3n) is 9.36. The number of H-pyrrole nitrogens is 4. The second-order valence-corrected chi connectivity index (χ2v) is 13.7. The molecule has 4 aromatic heterocycles. The SMILES string of the molecule is CN1CCN(c2ccc(C(=O)Nc3cc(-c4nc5ccccc5[nH]4)[nH]n3)cc2)CC1.Cc1ccc(C(=O)Nc2cc(-c3nc4ccccc4[nH]3)[nH]n2)cc1Cl. The Morgan fingerprint density at radius 3 is 1.69 bits per heavy atom. The van der Waals surface area contributed by atoms with Crippen LogP contribution in [-0.4, -0.2) is 90.3 Å². The van der Waals surface area contributed by atoms with Crippen LogP contribution in [0.5, 0.6) is 0 Å². The molecule has 2 amide bonds. The highest BCUT2D eigenvalue weighted by molar-refractivity contribution is 6.31. The van der Waals surface area contributed by atoms with Crippen LogP contribution < -0.4 is 15.5 Å². The molecule has 0 saturated carbocycles. The Hall–Kier alpha value is -6.77. The molecule has 55 heavy (non-hydrogen) atoms. The molecule has 4 aromatic carbocycles. The van der Waals surface area contributed by atoms with Crippen LogP contribution in [-0.2, 0) is 0 Å². The fraction of sp³-hybridized carbons (Fsp3) is 0.150. The van der Waals surface area contributed by atoms with Gasteiger partial charge in [-0.1, -0.05) is 41.9 Å². The molecule has 1 fully saturated rings. The van der Waals surface area contributed by atoms with E-state index in [0.717, 1.165) is 59.5 Å². The highest BCUT2D eigenvalue weighted by Gasteiger charge is 2.17. The molecule has 5 heterocycles. The lowest BCUT2D eigenvalue weighted by molar-refractivity contribution is 0.101. The van der Waals surface area contributed by atoms with Crippen LogP contribution in [0.3, 0.4) is 0 Å². The average molecular weight is 753 g/mol. The molecule has 1 aliphatic rings. The van der Waals surface area contributed by atoms with Crippen LogP contribution in [0.1, 0.15) is 26.3 Å². The Bertz CT molecular complexity index is 2550. The first-order valence-electron chi connectivity index (χ1n) is 17.7. The Balaban J connectivity index is 0.000000158. The van der Waals surface area contributed by atoms with Crippen molar-refractivity contribution in [1.29, 1.82) is 0 Å². The van der Waals surface area contributed by atoms with Crippen molar-refractivity contribution >= 4 is 62.8 Å². The number of carbonyl (C=O) groups is 2. The number of piperazine rings is 1. The van der Waals surface area contributed by atoms with Gasteiger partial charge in [-0.25, -0.2) is 9.97 Å². The number of imidazole rings is 2. The summed E-state index contributed by atoms with van der Waals surface area (Å²) in [6, 6.07) is 32.0. The molecule has 1 aliphatic heterocycles. The number of hydrogen-bond donors (Lipinski definition) is 6. The number of hydrogen-bond acceptors (Lipinski definition) is 8. The van der Waals surface area contributed by atoms with E-state index in [1.165, 1.54) is 0 Å². The maximum atomic E-state index is 12.6. The molecule has 0 unspecified atom stereocenters. The summed E-state index contributed by atoms with van der Waals surface area (Å²) in [4.78, 5) is 45.1. The summed E-state index contributed by atoms with van der Waals surface area (Å²) in [5.74, 6) is 1.75. The lowest BCUT2D eigenvalue weighted by Gasteiger charge is -2.34. The van der Waals surface area contributed by atoms with Crippen LogP contribution in [0.4, 0.5) is 17.3 Å². The third kappa shape index (κ3) is 7.95. The molecular weight excluding hydrogens is 716 g/mol. The molecule has 0 radical (unpaired) electrons. The van der Waals surface area contributed by atoms with Gasteiger partial charge in [-0.2, -0.15) is 10.2 Å². The number of aromatic nitrogens is 8. The van der Waals surface area contributed by atoms with Gasteiger partial charge in [-0.15, -0.1) is 0 Å². The first-order chi connectivity index (χ1) is 26.8. The van der Waals surface area contributed by atoms with E-state index in [-0.39, 0.29) is 11.8 Å². The summed E-state index contributed by atoms with van der Waals surface area (Å²) >= 11 is 6.07. The summed E-state index contributed by atoms with van der Waals surface area (Å²) in [5, 5.41) is 20.3. The summed E-state index contributed by atoms with van der Waals surface area (Å²) in [7, 11) is 2.14. The standard InChI is InChI=1S/C22H23N7O.C18H14ClN5O/c1-28-10-12-29(13-11-28)16-8-6-15(7-9-16)22(30)25-20-14-19(26-27-20)21-23-17-4-2-3-5-18(17)24-21;1-10-6-7-11(8-12(10)19)18(25)22-16-9-15(23-24-16)17-20-13-4-2-3-5-14(13)21-17/h2-9,14H,10-13H2,1H3,(H,23,24)(H2,25,26,27,30);2-9H,1H3,(H,20,21)(H2,22,23,24,25). The molecule has 0 spiro atoms. The van der Waals surface area contributed by atoms with Gasteiger partial charge in [0.15, 0.2) is 23.3 Å². The largest absolute Gasteiger partial charge is 0.369 e. The van der Waals surface area contributed by atoms with Crippen LogP contribution in [0.25, 0.3) is 45.1 Å². The van der Waals surface area contributed by atoms with Gasteiger partial charge in [0.05, 0.1) is 22.1 Å². The summed E-state index contributed by atoms with van der Waals surface area (Å²) in [6.07, 6.45) is 0. The van der Waals surface area contributed by atoms with Crippen molar-refractivity contribution < 1.29 is 9.59 Å². The van der Waals surface area contributed by atoms with Crippen molar-refractivity contribution in [3.63, 3.8) is 0 Å². The van der Waals surface area contributed by atoms with Crippen molar-refractivity contribution in [3.8, 4) is 23.0 Å². The number of fused-ring (bicyclic) bond motifs is 2. The topological polar surface area (TPSA) is 179 Å². The number of carbonyl (C=O) groups excluding carboxylic acids is 2. The molecule has 1 saturated heterocycles. The van der Waals surface area contributed by atoms with E-state index < -0.39 is 0 Å². The minimum atomic E-state index is -0.274. The van der Waals surface area contributed by atoms with Gasteiger partial charge in [0, 0.05) is 60.1 Å². The van der Waals surface area contributed by atoms with Gasteiger partial charge in [0.1, 0.15) is 11.4 Å². The van der Waals surface area contributed by atoms with E-state index in [1.807, 2.05) is 85.8 Å². The van der Waals surface area contributed by atoms with Crippen molar-refractivity contribution in [2.45, 2.75) is 6.92 Å². The van der Waals surface area contributed by atoms with Gasteiger partial charge < -0.3 is 30.4 Å². The van der Waals surface area contributed by atoms with Gasteiger partial charge in [0.2, 0.25) is 0 Å². The molecular formula is C40H37ClN12O2. The smallest absolute Gasteiger partial charge is 0.256 e. The second kappa shape index (κ2) is 15.3. The summed E-state index contributed by atoms with van der Waals surface area (Å²) < 4.78 is 0. The van der Waals surface area contributed by atoms with Gasteiger partial charge >= 0.3 is 0 Å². The average Bonchev–Trinajstić information content (AvgIpc) is 4.03. The van der Waals surface area contributed by atoms with Crippen LogP contribution in [0, 0.1) is 6.92 Å². The van der Waals surface area contributed by atoms with Crippen molar-refractivity contribution in [1.82, 2.24) is 45.2 Å². The Kier molecular flexibility index (Phi) is 9.81. The quantitative estimate of drug-likeness (QED) is 0.0996. The van der Waals surface area contributed by atoms with Crippen molar-refractivity contribution in [2.75, 3.05) is 48.8 Å². The van der Waals surface area contributed by atoms with Crippen LogP contribution in [0.2, 0.25) is 5.02 Å². The molecule has 8 aromatic rings. The van der Waals surface area contributed by atoms with E-state index in [9.17, 15) is 9.59 Å². The molecule has 9 rings (SSSR count). The number of amides is 2. The summed E-state index contributed by atoms with van der Waals surface area (Å²) in [6.45, 7) is 5.99. The normalized spacial score (nSPS) is 13.1. The number of aromatic amines is 4. The van der Waals surface area contributed by atoms with Gasteiger partial charge in [-0.3, -0.25) is 19.8 Å².